The van der Waals surface area contributed by atoms with Crippen molar-refractivity contribution in [3.8, 4) is 0 Å². The van der Waals surface area contributed by atoms with Gasteiger partial charge in [-0.3, -0.25) is 0 Å². The number of hydrogen-bond acceptors (Lipinski definition) is 2. The van der Waals surface area contributed by atoms with Gasteiger partial charge in [0, 0.05) is 31.0 Å². The summed E-state index contributed by atoms with van der Waals surface area (Å²) in [7, 11) is 0. The summed E-state index contributed by atoms with van der Waals surface area (Å²) >= 11 is 0. The maximum atomic E-state index is 3.56. The Balaban J connectivity index is 1.87. The molecule has 0 bridgehead atoms. The molecule has 1 saturated heterocycles. The fourth-order valence-electron chi connectivity index (χ4n) is 2.78. The summed E-state index contributed by atoms with van der Waals surface area (Å²) in [5.74, 6) is 0.793. The van der Waals surface area contributed by atoms with Gasteiger partial charge in [-0.15, -0.1) is 0 Å². The zero-order chi connectivity index (χ0) is 13.5. The molecule has 0 aliphatic carbocycles. The second-order valence-electron chi connectivity index (χ2n) is 5.66. The molecule has 0 aromatic heterocycles. The van der Waals surface area contributed by atoms with Crippen LogP contribution in [0.15, 0.2) is 24.3 Å². The van der Waals surface area contributed by atoms with Crippen LogP contribution in [0.4, 0.5) is 11.4 Å². The number of piperidine rings is 1. The van der Waals surface area contributed by atoms with Crippen LogP contribution in [0.5, 0.6) is 0 Å². The number of hydrogen-bond donors (Lipinski definition) is 1. The van der Waals surface area contributed by atoms with Crippen molar-refractivity contribution in [2.75, 3.05) is 29.9 Å². The van der Waals surface area contributed by atoms with Crippen LogP contribution >= 0.6 is 0 Å². The highest BCUT2D eigenvalue weighted by atomic mass is 15.1. The minimum Gasteiger partial charge on any atom is -0.385 e. The first-order valence-electron chi connectivity index (χ1n) is 7.92. The molecule has 106 valence electrons. The molecule has 0 unspecified atom stereocenters. The minimum absolute atomic E-state index is 0.793. The molecule has 2 rings (SSSR count). The molecule has 1 aromatic rings. The van der Waals surface area contributed by atoms with Gasteiger partial charge in [0.15, 0.2) is 0 Å². The van der Waals surface area contributed by atoms with Crippen molar-refractivity contribution in [2.24, 2.45) is 5.92 Å². The average molecular weight is 260 g/mol. The third kappa shape index (κ3) is 4.15. The first kappa shape index (κ1) is 14.2. The lowest BCUT2D eigenvalue weighted by Gasteiger charge is -2.29. The van der Waals surface area contributed by atoms with Crippen LogP contribution in [-0.4, -0.2) is 19.6 Å². The maximum absolute atomic E-state index is 3.56. The van der Waals surface area contributed by atoms with Crippen LogP contribution < -0.4 is 10.2 Å². The van der Waals surface area contributed by atoms with E-state index in [1.165, 1.54) is 56.6 Å². The van der Waals surface area contributed by atoms with Crippen LogP contribution in [0.2, 0.25) is 0 Å². The Labute approximate surface area is 118 Å². The fourth-order valence-corrected chi connectivity index (χ4v) is 2.78. The Morgan fingerprint density at radius 2 is 1.63 bits per heavy atom. The molecule has 0 radical (unpaired) electrons. The SMILES string of the molecule is CCC(CC)CNc1ccc(N2CCCCC2)cc1. The van der Waals surface area contributed by atoms with Crippen molar-refractivity contribution in [1.29, 1.82) is 0 Å². The van der Waals surface area contributed by atoms with Crippen molar-refractivity contribution in [3.05, 3.63) is 24.3 Å². The molecule has 1 N–H and O–H groups in total. The summed E-state index contributed by atoms with van der Waals surface area (Å²) in [5, 5.41) is 3.56. The van der Waals surface area contributed by atoms with E-state index in [2.05, 4.69) is 48.3 Å². The van der Waals surface area contributed by atoms with Crippen molar-refractivity contribution in [3.63, 3.8) is 0 Å². The Morgan fingerprint density at radius 3 is 2.21 bits per heavy atom. The molecule has 2 nitrogen and oxygen atoms in total. The van der Waals surface area contributed by atoms with Gasteiger partial charge in [-0.05, 0) is 49.4 Å². The Morgan fingerprint density at radius 1 is 1.00 bits per heavy atom. The predicted octanol–water partition coefficient (Wildman–Crippen LogP) is 4.53. The summed E-state index contributed by atoms with van der Waals surface area (Å²) in [6, 6.07) is 8.99. The number of rotatable bonds is 6. The van der Waals surface area contributed by atoms with Crippen molar-refractivity contribution >= 4 is 11.4 Å². The van der Waals surface area contributed by atoms with Gasteiger partial charge in [-0.1, -0.05) is 26.7 Å². The molecule has 1 heterocycles. The molecule has 2 heteroatoms. The maximum Gasteiger partial charge on any atom is 0.0367 e. The molecule has 0 amide bonds. The highest BCUT2D eigenvalue weighted by molar-refractivity contribution is 5.55. The monoisotopic (exact) mass is 260 g/mol. The van der Waals surface area contributed by atoms with Crippen molar-refractivity contribution in [1.82, 2.24) is 0 Å². The molecule has 0 spiro atoms. The number of benzene rings is 1. The average Bonchev–Trinajstić information content (AvgIpc) is 2.50. The molecule has 19 heavy (non-hydrogen) atoms. The Bertz CT molecular complexity index is 348. The van der Waals surface area contributed by atoms with Crippen molar-refractivity contribution < 1.29 is 0 Å². The molecule has 0 saturated carbocycles. The Hall–Kier alpha value is -1.18. The van der Waals surface area contributed by atoms with Gasteiger partial charge < -0.3 is 10.2 Å². The van der Waals surface area contributed by atoms with E-state index in [-0.39, 0.29) is 0 Å². The molecule has 0 atom stereocenters. The van der Waals surface area contributed by atoms with E-state index in [1.54, 1.807) is 0 Å². The van der Waals surface area contributed by atoms with E-state index >= 15 is 0 Å². The number of nitrogens with one attached hydrogen (secondary N) is 1. The van der Waals surface area contributed by atoms with Gasteiger partial charge in [-0.2, -0.15) is 0 Å². The van der Waals surface area contributed by atoms with Crippen LogP contribution in [0, 0.1) is 5.92 Å². The zero-order valence-corrected chi connectivity index (χ0v) is 12.5. The summed E-state index contributed by atoms with van der Waals surface area (Å²) in [6.45, 7) is 8.09. The van der Waals surface area contributed by atoms with Crippen LogP contribution in [0.3, 0.4) is 0 Å². The second kappa shape index (κ2) is 7.42. The molecular formula is C17H28N2. The van der Waals surface area contributed by atoms with Gasteiger partial charge >= 0.3 is 0 Å². The third-order valence-corrected chi connectivity index (χ3v) is 4.34. The molecular weight excluding hydrogens is 232 g/mol. The van der Waals surface area contributed by atoms with Crippen LogP contribution in [0.1, 0.15) is 46.0 Å². The van der Waals surface area contributed by atoms with E-state index in [9.17, 15) is 0 Å². The van der Waals surface area contributed by atoms with Crippen molar-refractivity contribution in [2.45, 2.75) is 46.0 Å². The van der Waals surface area contributed by atoms with Crippen LogP contribution in [-0.2, 0) is 0 Å². The van der Waals surface area contributed by atoms with Gasteiger partial charge in [-0.25, -0.2) is 0 Å². The van der Waals surface area contributed by atoms with E-state index in [4.69, 9.17) is 0 Å². The van der Waals surface area contributed by atoms with E-state index < -0.39 is 0 Å². The lowest BCUT2D eigenvalue weighted by atomic mass is 10.0. The van der Waals surface area contributed by atoms with Gasteiger partial charge in [0.2, 0.25) is 0 Å². The second-order valence-corrected chi connectivity index (χ2v) is 5.66. The summed E-state index contributed by atoms with van der Waals surface area (Å²) in [5.41, 5.74) is 2.64. The van der Waals surface area contributed by atoms with E-state index in [0.29, 0.717) is 0 Å². The highest BCUT2D eigenvalue weighted by Gasteiger charge is 2.10. The summed E-state index contributed by atoms with van der Waals surface area (Å²) in [6.07, 6.45) is 6.60. The van der Waals surface area contributed by atoms with Gasteiger partial charge in [0.05, 0.1) is 0 Å². The first-order valence-corrected chi connectivity index (χ1v) is 7.92. The first-order chi connectivity index (χ1) is 9.33. The van der Waals surface area contributed by atoms with Gasteiger partial charge in [0.1, 0.15) is 0 Å². The molecule has 1 aromatic carbocycles. The highest BCUT2D eigenvalue weighted by Crippen LogP contribution is 2.22. The summed E-state index contributed by atoms with van der Waals surface area (Å²) in [4.78, 5) is 2.51. The number of nitrogens with zero attached hydrogens (tertiary/aromatic N) is 1. The lowest BCUT2D eigenvalue weighted by Crippen LogP contribution is -2.29. The Kier molecular flexibility index (Phi) is 5.56. The molecule has 1 aliphatic heterocycles. The van der Waals surface area contributed by atoms with E-state index in [1.807, 2.05) is 0 Å². The minimum atomic E-state index is 0.793. The predicted molar refractivity (Wildman–Crippen MR) is 85.1 cm³/mol. The largest absolute Gasteiger partial charge is 0.385 e. The zero-order valence-electron chi connectivity index (χ0n) is 12.5. The lowest BCUT2D eigenvalue weighted by molar-refractivity contribution is 0.519. The quantitative estimate of drug-likeness (QED) is 0.808. The molecule has 1 aliphatic rings. The third-order valence-electron chi connectivity index (χ3n) is 4.34. The summed E-state index contributed by atoms with van der Waals surface area (Å²) < 4.78 is 0. The van der Waals surface area contributed by atoms with E-state index in [0.717, 1.165) is 12.5 Å². The normalized spacial score (nSPS) is 15.8. The smallest absolute Gasteiger partial charge is 0.0367 e. The topological polar surface area (TPSA) is 15.3 Å². The number of anilines is 2. The standard InChI is InChI=1S/C17H28N2/c1-3-15(4-2)14-18-16-8-10-17(11-9-16)19-12-6-5-7-13-19/h8-11,15,18H,3-7,12-14H2,1-2H3. The fraction of sp³-hybridized carbons (Fsp3) is 0.647. The molecule has 1 fully saturated rings. The van der Waals surface area contributed by atoms with Gasteiger partial charge in [0.25, 0.3) is 0 Å². The van der Waals surface area contributed by atoms with Crippen LogP contribution in [0.25, 0.3) is 0 Å².